The van der Waals surface area contributed by atoms with Crippen LogP contribution in [0.4, 0.5) is 14.5 Å². The Labute approximate surface area is 242 Å². The Bertz CT molecular complexity index is 1460. The highest BCUT2D eigenvalue weighted by atomic mass is 32.2. The van der Waals surface area contributed by atoms with Crippen molar-refractivity contribution in [2.45, 2.75) is 37.9 Å². The molecule has 0 bridgehead atoms. The lowest BCUT2D eigenvalue weighted by molar-refractivity contribution is -0.143. The molecule has 0 aliphatic carbocycles. The Morgan fingerprint density at radius 1 is 1.05 bits per heavy atom. The molecule has 1 amide bonds. The highest BCUT2D eigenvalue weighted by molar-refractivity contribution is 7.98. The number of carboxylic acids is 1. The summed E-state index contributed by atoms with van der Waals surface area (Å²) in [4.78, 5) is 29.7. The molecule has 4 aromatic rings. The maximum atomic E-state index is 13.7. The lowest BCUT2D eigenvalue weighted by atomic mass is 9.95. The van der Waals surface area contributed by atoms with Crippen LogP contribution in [-0.2, 0) is 17.8 Å². The largest absolute Gasteiger partial charge is 0.480 e. The molecular weight excluding hydrogens is 546 g/mol. The van der Waals surface area contributed by atoms with E-state index in [2.05, 4.69) is 15.6 Å². The number of rotatable bonds is 13. The average Bonchev–Trinajstić information content (AvgIpc) is 3.46. The van der Waals surface area contributed by atoms with Gasteiger partial charge >= 0.3 is 5.97 Å². The number of nitrogens with one attached hydrogen (secondary N) is 2. The van der Waals surface area contributed by atoms with E-state index in [-0.39, 0.29) is 24.1 Å². The van der Waals surface area contributed by atoms with E-state index in [0.717, 1.165) is 11.1 Å². The summed E-state index contributed by atoms with van der Waals surface area (Å²) in [6.45, 7) is 2.01. The van der Waals surface area contributed by atoms with E-state index >= 15 is 0 Å². The van der Waals surface area contributed by atoms with Gasteiger partial charge in [-0.1, -0.05) is 24.3 Å². The Kier molecular flexibility index (Phi) is 9.78. The summed E-state index contributed by atoms with van der Waals surface area (Å²) in [6, 6.07) is 17.2. The van der Waals surface area contributed by atoms with E-state index in [1.165, 1.54) is 43.0 Å². The Hall–Kier alpha value is -4.18. The standard InChI is InChI=1S/C31H32F2N4O3S/c1-31(30(39)40,13-16-41-2)36-29(38)27-12-11-26(18-23(27)17-21-3-7-24(32)8-4-21)35-28(19-37-15-14-34-20-37)22-5-9-25(33)10-6-22/h3-12,14-15,18,20,28,35H,13,16-17,19H2,1-2H3,(H,36,38)(H,39,40)/t28?,31-/m0/s1. The third-order valence-corrected chi connectivity index (χ3v) is 7.50. The number of halogens is 2. The number of amides is 1. The van der Waals surface area contributed by atoms with E-state index in [9.17, 15) is 23.5 Å². The average molecular weight is 579 g/mol. The van der Waals surface area contributed by atoms with Crippen LogP contribution in [0.1, 0.15) is 46.4 Å². The molecule has 0 saturated heterocycles. The van der Waals surface area contributed by atoms with Crippen molar-refractivity contribution in [1.29, 1.82) is 0 Å². The molecular formula is C31H32F2N4O3S. The lowest BCUT2D eigenvalue weighted by Crippen LogP contribution is -2.52. The summed E-state index contributed by atoms with van der Waals surface area (Å²) >= 11 is 1.50. The molecule has 0 radical (unpaired) electrons. The Morgan fingerprint density at radius 2 is 1.73 bits per heavy atom. The topological polar surface area (TPSA) is 96.3 Å². The summed E-state index contributed by atoms with van der Waals surface area (Å²) in [5.74, 6) is -1.75. The zero-order valence-corrected chi connectivity index (χ0v) is 23.6. The fourth-order valence-corrected chi connectivity index (χ4v) is 5.07. The smallest absolute Gasteiger partial charge is 0.329 e. The highest BCUT2D eigenvalue weighted by Crippen LogP contribution is 2.26. The van der Waals surface area contributed by atoms with Gasteiger partial charge in [-0.25, -0.2) is 18.6 Å². The Morgan fingerprint density at radius 3 is 2.34 bits per heavy atom. The second-order valence-electron chi connectivity index (χ2n) is 10.0. The third kappa shape index (κ3) is 7.94. The van der Waals surface area contributed by atoms with Gasteiger partial charge in [-0.05, 0) is 90.9 Å². The van der Waals surface area contributed by atoms with Crippen molar-refractivity contribution in [3.8, 4) is 0 Å². The van der Waals surface area contributed by atoms with Gasteiger partial charge < -0.3 is 20.3 Å². The molecule has 0 spiro atoms. The zero-order valence-electron chi connectivity index (χ0n) is 22.8. The number of aliphatic carboxylic acids is 1. The fourth-order valence-electron chi connectivity index (χ4n) is 4.46. The zero-order chi connectivity index (χ0) is 29.4. The van der Waals surface area contributed by atoms with Crippen LogP contribution < -0.4 is 10.6 Å². The van der Waals surface area contributed by atoms with E-state index in [0.29, 0.717) is 35.5 Å². The van der Waals surface area contributed by atoms with E-state index in [4.69, 9.17) is 0 Å². The first kappa shape index (κ1) is 29.8. The van der Waals surface area contributed by atoms with Crippen LogP contribution in [0.15, 0.2) is 85.5 Å². The van der Waals surface area contributed by atoms with E-state index < -0.39 is 17.4 Å². The summed E-state index contributed by atoms with van der Waals surface area (Å²) in [5.41, 5.74) is 1.86. The number of carboxylic acid groups (broad SMARTS) is 1. The molecule has 0 fully saturated rings. The number of nitrogens with zero attached hydrogens (tertiary/aromatic N) is 2. The first-order valence-corrected chi connectivity index (χ1v) is 14.5. The molecule has 214 valence electrons. The van der Waals surface area contributed by atoms with Gasteiger partial charge in [-0.2, -0.15) is 11.8 Å². The fraction of sp³-hybridized carbons (Fsp3) is 0.258. The quantitative estimate of drug-likeness (QED) is 0.182. The van der Waals surface area contributed by atoms with Gasteiger partial charge in [-0.15, -0.1) is 0 Å². The number of benzene rings is 3. The number of thioether (sulfide) groups is 1. The highest BCUT2D eigenvalue weighted by Gasteiger charge is 2.35. The van der Waals surface area contributed by atoms with Crippen molar-refractivity contribution in [2.75, 3.05) is 17.3 Å². The van der Waals surface area contributed by atoms with Crippen LogP contribution in [0.2, 0.25) is 0 Å². The number of hydrogen-bond acceptors (Lipinski definition) is 5. The Balaban J connectivity index is 1.68. The first-order chi connectivity index (χ1) is 19.7. The van der Waals surface area contributed by atoms with Crippen molar-refractivity contribution < 1.29 is 23.5 Å². The molecule has 4 rings (SSSR count). The number of aromatic nitrogens is 2. The molecule has 41 heavy (non-hydrogen) atoms. The number of carbonyl (C=O) groups is 2. The molecule has 0 aliphatic heterocycles. The van der Waals surface area contributed by atoms with Crippen LogP contribution in [0.3, 0.4) is 0 Å². The van der Waals surface area contributed by atoms with E-state index in [1.54, 1.807) is 48.9 Å². The molecule has 7 nitrogen and oxygen atoms in total. The van der Waals surface area contributed by atoms with Crippen LogP contribution in [0.5, 0.6) is 0 Å². The predicted octanol–water partition coefficient (Wildman–Crippen LogP) is 5.93. The summed E-state index contributed by atoms with van der Waals surface area (Å²) in [5, 5.41) is 16.1. The van der Waals surface area contributed by atoms with Gasteiger partial charge in [0.15, 0.2) is 0 Å². The summed E-state index contributed by atoms with van der Waals surface area (Å²) < 4.78 is 29.2. The molecule has 10 heteroatoms. The molecule has 3 aromatic carbocycles. The summed E-state index contributed by atoms with van der Waals surface area (Å²) in [7, 11) is 0. The predicted molar refractivity (Wildman–Crippen MR) is 157 cm³/mol. The van der Waals surface area contributed by atoms with Crippen molar-refractivity contribution >= 4 is 29.3 Å². The number of hydrogen-bond donors (Lipinski definition) is 3. The minimum absolute atomic E-state index is 0.259. The minimum atomic E-state index is -1.44. The summed E-state index contributed by atoms with van der Waals surface area (Å²) in [6.07, 6.45) is 7.67. The lowest BCUT2D eigenvalue weighted by Gasteiger charge is -2.27. The van der Waals surface area contributed by atoms with Crippen LogP contribution in [0, 0.1) is 11.6 Å². The third-order valence-electron chi connectivity index (χ3n) is 6.89. The SMILES string of the molecule is CSCC[C@](C)(NC(=O)c1ccc(NC(Cn2ccnc2)c2ccc(F)cc2)cc1Cc1ccc(F)cc1)C(=O)O. The van der Waals surface area contributed by atoms with Crippen molar-refractivity contribution in [3.05, 3.63) is 119 Å². The van der Waals surface area contributed by atoms with Crippen molar-refractivity contribution in [3.63, 3.8) is 0 Å². The first-order valence-electron chi connectivity index (χ1n) is 13.1. The molecule has 2 atom stereocenters. The van der Waals surface area contributed by atoms with Crippen LogP contribution in [0.25, 0.3) is 0 Å². The second kappa shape index (κ2) is 13.5. The van der Waals surface area contributed by atoms with Gasteiger partial charge in [0.05, 0.1) is 12.4 Å². The number of imidazole rings is 1. The van der Waals surface area contributed by atoms with Crippen molar-refractivity contribution in [1.82, 2.24) is 14.9 Å². The molecule has 0 aliphatic rings. The maximum absolute atomic E-state index is 13.7. The van der Waals surface area contributed by atoms with Crippen LogP contribution >= 0.6 is 11.8 Å². The number of carbonyl (C=O) groups excluding carboxylic acids is 1. The van der Waals surface area contributed by atoms with Gasteiger partial charge in [0.1, 0.15) is 17.2 Å². The molecule has 1 aromatic heterocycles. The van der Waals surface area contributed by atoms with Gasteiger partial charge in [0.25, 0.3) is 5.91 Å². The molecule has 3 N–H and O–H groups in total. The normalized spacial score (nSPS) is 13.3. The molecule has 1 unspecified atom stereocenters. The number of anilines is 1. The molecule has 1 heterocycles. The minimum Gasteiger partial charge on any atom is -0.480 e. The van der Waals surface area contributed by atoms with Gasteiger partial charge in [0.2, 0.25) is 0 Å². The monoisotopic (exact) mass is 578 g/mol. The van der Waals surface area contributed by atoms with E-state index in [1.807, 2.05) is 23.1 Å². The molecule has 0 saturated carbocycles. The van der Waals surface area contributed by atoms with Crippen molar-refractivity contribution in [2.24, 2.45) is 0 Å². The maximum Gasteiger partial charge on any atom is 0.329 e. The van der Waals surface area contributed by atoms with Crippen LogP contribution in [-0.4, -0.2) is 44.1 Å². The van der Waals surface area contributed by atoms with Gasteiger partial charge in [-0.3, -0.25) is 4.79 Å². The second-order valence-corrected chi connectivity index (χ2v) is 11.0. The van der Waals surface area contributed by atoms with Gasteiger partial charge in [0, 0.05) is 30.2 Å².